The smallest absolute Gasteiger partial charge is 0.137 e. The molecule has 1 nitrogen and oxygen atoms in total. The first-order valence-electron chi connectivity index (χ1n) is 6.91. The van der Waals surface area contributed by atoms with Gasteiger partial charge in [-0.2, -0.15) is 0 Å². The highest BCUT2D eigenvalue weighted by atomic mass is 79.9. The van der Waals surface area contributed by atoms with Crippen LogP contribution in [0.3, 0.4) is 0 Å². The Morgan fingerprint density at radius 3 is 2.26 bits per heavy atom. The first-order valence-corrected chi connectivity index (χ1v) is 7.71. The number of benzene rings is 1. The van der Waals surface area contributed by atoms with Crippen molar-refractivity contribution in [2.24, 2.45) is 16.7 Å². The van der Waals surface area contributed by atoms with Gasteiger partial charge in [0, 0.05) is 6.04 Å². The van der Waals surface area contributed by atoms with Gasteiger partial charge >= 0.3 is 0 Å². The summed E-state index contributed by atoms with van der Waals surface area (Å²) in [4.78, 5) is 0. The SMILES string of the molecule is CCNC(c1ccc(F)c(Br)c1)C1C(C)(C)C1(C)C. The van der Waals surface area contributed by atoms with Gasteiger partial charge in [0.05, 0.1) is 4.47 Å². The van der Waals surface area contributed by atoms with Crippen molar-refractivity contribution >= 4 is 15.9 Å². The molecule has 19 heavy (non-hydrogen) atoms. The van der Waals surface area contributed by atoms with E-state index in [2.05, 4.69) is 55.9 Å². The molecule has 0 aliphatic heterocycles. The van der Waals surface area contributed by atoms with E-state index >= 15 is 0 Å². The van der Waals surface area contributed by atoms with Gasteiger partial charge in [-0.25, -0.2) is 4.39 Å². The molecule has 1 fully saturated rings. The van der Waals surface area contributed by atoms with Crippen LogP contribution in [-0.4, -0.2) is 6.54 Å². The van der Waals surface area contributed by atoms with E-state index in [0.29, 0.717) is 21.2 Å². The molecular weight excluding hydrogens is 305 g/mol. The average Bonchev–Trinajstić information content (AvgIpc) is 2.71. The molecule has 1 aliphatic carbocycles. The van der Waals surface area contributed by atoms with Gasteiger partial charge in [0.15, 0.2) is 0 Å². The fourth-order valence-electron chi connectivity index (χ4n) is 3.43. The summed E-state index contributed by atoms with van der Waals surface area (Å²) in [6.45, 7) is 12.3. The lowest BCUT2D eigenvalue weighted by Crippen LogP contribution is -2.25. The number of hydrogen-bond donors (Lipinski definition) is 1. The van der Waals surface area contributed by atoms with Crippen LogP contribution in [0.1, 0.15) is 46.2 Å². The Labute approximate surface area is 124 Å². The van der Waals surface area contributed by atoms with Crippen molar-refractivity contribution in [3.05, 3.63) is 34.1 Å². The van der Waals surface area contributed by atoms with Gasteiger partial charge < -0.3 is 5.32 Å². The van der Waals surface area contributed by atoms with E-state index in [0.717, 1.165) is 6.54 Å². The topological polar surface area (TPSA) is 12.0 Å². The highest BCUT2D eigenvalue weighted by Gasteiger charge is 2.67. The summed E-state index contributed by atoms with van der Waals surface area (Å²) in [6, 6.07) is 5.64. The highest BCUT2D eigenvalue weighted by molar-refractivity contribution is 9.10. The van der Waals surface area contributed by atoms with Crippen molar-refractivity contribution in [3.63, 3.8) is 0 Å². The monoisotopic (exact) mass is 327 g/mol. The number of rotatable bonds is 4. The second-order valence-electron chi connectivity index (χ2n) is 6.63. The van der Waals surface area contributed by atoms with Crippen LogP contribution in [0.2, 0.25) is 0 Å². The van der Waals surface area contributed by atoms with Gasteiger partial charge in [0.1, 0.15) is 5.82 Å². The summed E-state index contributed by atoms with van der Waals surface area (Å²) >= 11 is 3.29. The van der Waals surface area contributed by atoms with Crippen LogP contribution >= 0.6 is 15.9 Å². The molecule has 1 atom stereocenters. The normalized spacial score (nSPS) is 22.3. The maximum Gasteiger partial charge on any atom is 0.137 e. The van der Waals surface area contributed by atoms with E-state index in [-0.39, 0.29) is 11.9 Å². The van der Waals surface area contributed by atoms with Gasteiger partial charge in [0.25, 0.3) is 0 Å². The molecule has 1 aliphatic rings. The summed E-state index contributed by atoms with van der Waals surface area (Å²) in [5.74, 6) is 0.366. The molecule has 3 heteroatoms. The first-order chi connectivity index (χ1) is 8.73. The van der Waals surface area contributed by atoms with Gasteiger partial charge in [-0.3, -0.25) is 0 Å². The van der Waals surface area contributed by atoms with E-state index < -0.39 is 0 Å². The molecule has 1 unspecified atom stereocenters. The van der Waals surface area contributed by atoms with Crippen LogP contribution in [0.25, 0.3) is 0 Å². The molecule has 0 aromatic heterocycles. The molecule has 1 aromatic carbocycles. The number of hydrogen-bond acceptors (Lipinski definition) is 1. The molecule has 0 amide bonds. The summed E-state index contributed by atoms with van der Waals surface area (Å²) in [7, 11) is 0. The molecule has 106 valence electrons. The van der Waals surface area contributed by atoms with Crippen molar-refractivity contribution in [3.8, 4) is 0 Å². The Balaban J connectivity index is 2.34. The fourth-order valence-corrected chi connectivity index (χ4v) is 3.83. The Hall–Kier alpha value is -0.410. The molecule has 0 radical (unpaired) electrons. The lowest BCUT2D eigenvalue weighted by Gasteiger charge is -2.21. The third kappa shape index (κ3) is 2.36. The van der Waals surface area contributed by atoms with Crippen LogP contribution in [0.15, 0.2) is 22.7 Å². The standard InChI is InChI=1S/C16H23BrFN/c1-6-19-13(14-15(2,3)16(14,4)5)10-7-8-12(18)11(17)9-10/h7-9,13-14,19H,6H2,1-5H3. The third-order valence-electron chi connectivity index (χ3n) is 5.19. The molecule has 2 rings (SSSR count). The molecule has 0 spiro atoms. The predicted molar refractivity (Wildman–Crippen MR) is 81.6 cm³/mol. The summed E-state index contributed by atoms with van der Waals surface area (Å²) < 4.78 is 13.9. The van der Waals surface area contributed by atoms with Crippen molar-refractivity contribution in [2.45, 2.75) is 40.7 Å². The minimum Gasteiger partial charge on any atom is -0.310 e. The van der Waals surface area contributed by atoms with Crippen molar-refractivity contribution in [1.29, 1.82) is 0 Å². The lowest BCUT2D eigenvalue weighted by molar-refractivity contribution is 0.417. The highest BCUT2D eigenvalue weighted by Crippen LogP contribution is 2.72. The zero-order valence-corrected chi connectivity index (χ0v) is 13.9. The first kappa shape index (κ1) is 15.0. The molecular formula is C16H23BrFN. The van der Waals surface area contributed by atoms with E-state index in [1.807, 2.05) is 12.1 Å². The van der Waals surface area contributed by atoms with Crippen molar-refractivity contribution in [1.82, 2.24) is 5.32 Å². The maximum absolute atomic E-state index is 13.4. The second-order valence-corrected chi connectivity index (χ2v) is 7.48. The van der Waals surface area contributed by atoms with Crippen LogP contribution in [0, 0.1) is 22.6 Å². The van der Waals surface area contributed by atoms with Gasteiger partial charge in [0.2, 0.25) is 0 Å². The molecule has 1 N–H and O–H groups in total. The molecule has 1 aromatic rings. The minimum atomic E-state index is -0.201. The van der Waals surface area contributed by atoms with Gasteiger partial charge in [-0.1, -0.05) is 40.7 Å². The van der Waals surface area contributed by atoms with E-state index in [9.17, 15) is 4.39 Å². The van der Waals surface area contributed by atoms with E-state index in [1.54, 1.807) is 6.07 Å². The number of halogens is 2. The zero-order valence-electron chi connectivity index (χ0n) is 12.3. The van der Waals surface area contributed by atoms with E-state index in [1.165, 1.54) is 5.56 Å². The quantitative estimate of drug-likeness (QED) is 0.827. The van der Waals surface area contributed by atoms with Crippen molar-refractivity contribution < 1.29 is 4.39 Å². The Kier molecular flexibility index (Phi) is 3.83. The molecule has 0 heterocycles. The molecule has 0 bridgehead atoms. The summed E-state index contributed by atoms with van der Waals surface area (Å²) in [5.41, 5.74) is 1.78. The summed E-state index contributed by atoms with van der Waals surface area (Å²) in [5, 5.41) is 3.58. The fraction of sp³-hybridized carbons (Fsp3) is 0.625. The second kappa shape index (κ2) is 4.85. The Morgan fingerprint density at radius 2 is 1.84 bits per heavy atom. The maximum atomic E-state index is 13.4. The Bertz CT molecular complexity index is 468. The van der Waals surface area contributed by atoms with E-state index in [4.69, 9.17) is 0 Å². The third-order valence-corrected chi connectivity index (χ3v) is 5.80. The van der Waals surface area contributed by atoms with Gasteiger partial charge in [-0.15, -0.1) is 0 Å². The van der Waals surface area contributed by atoms with Crippen LogP contribution < -0.4 is 5.32 Å². The minimum absolute atomic E-state index is 0.201. The molecule has 0 saturated heterocycles. The Morgan fingerprint density at radius 1 is 1.26 bits per heavy atom. The van der Waals surface area contributed by atoms with Crippen molar-refractivity contribution in [2.75, 3.05) is 6.54 Å². The predicted octanol–water partition coefficient (Wildman–Crippen LogP) is 4.92. The van der Waals surface area contributed by atoms with Crippen LogP contribution in [0.4, 0.5) is 4.39 Å². The number of nitrogens with one attached hydrogen (secondary N) is 1. The van der Waals surface area contributed by atoms with Crippen LogP contribution in [0.5, 0.6) is 0 Å². The molecule has 1 saturated carbocycles. The average molecular weight is 328 g/mol. The lowest BCUT2D eigenvalue weighted by atomic mass is 9.96. The zero-order chi connectivity index (χ0) is 14.4. The van der Waals surface area contributed by atoms with Crippen LogP contribution in [-0.2, 0) is 0 Å². The summed E-state index contributed by atoms with van der Waals surface area (Å²) in [6.07, 6.45) is 0. The largest absolute Gasteiger partial charge is 0.310 e. The van der Waals surface area contributed by atoms with Gasteiger partial charge in [-0.05, 0) is 56.9 Å².